The zero-order valence-corrected chi connectivity index (χ0v) is 24.9. The van der Waals surface area contributed by atoms with Gasteiger partial charge in [-0.15, -0.1) is 0 Å². The summed E-state index contributed by atoms with van der Waals surface area (Å²) < 4.78 is 46.1. The molecule has 0 aromatic heterocycles. The number of rotatable bonds is 13. The lowest BCUT2D eigenvalue weighted by Crippen LogP contribution is -2.54. The lowest BCUT2D eigenvalue weighted by molar-refractivity contribution is -0.140. The molecule has 1 fully saturated rings. The molecule has 0 unspecified atom stereocenters. The van der Waals surface area contributed by atoms with E-state index >= 15 is 0 Å². The minimum absolute atomic E-state index is 0.00438. The van der Waals surface area contributed by atoms with Crippen LogP contribution in [0.4, 0.5) is 10.1 Å². The van der Waals surface area contributed by atoms with Gasteiger partial charge in [0.15, 0.2) is 0 Å². The maximum Gasteiger partial charge on any atom is 0.244 e. The van der Waals surface area contributed by atoms with Gasteiger partial charge >= 0.3 is 0 Å². The second-order valence-electron chi connectivity index (χ2n) is 10.5. The molecule has 224 valence electrons. The van der Waals surface area contributed by atoms with E-state index in [-0.39, 0.29) is 24.9 Å². The maximum atomic E-state index is 14.1. The van der Waals surface area contributed by atoms with E-state index < -0.39 is 34.3 Å². The largest absolute Gasteiger partial charge is 0.494 e. The molecule has 1 N–H and O–H groups in total. The molecule has 0 heterocycles. The Morgan fingerprint density at radius 3 is 2.19 bits per heavy atom. The summed E-state index contributed by atoms with van der Waals surface area (Å²) >= 11 is 0. The second-order valence-corrected chi connectivity index (χ2v) is 12.4. The van der Waals surface area contributed by atoms with E-state index in [4.69, 9.17) is 4.74 Å². The zero-order valence-electron chi connectivity index (χ0n) is 24.0. The fraction of sp³-hybridized carbons (Fsp3) is 0.375. The first-order valence-electron chi connectivity index (χ1n) is 14.2. The van der Waals surface area contributed by atoms with Crippen molar-refractivity contribution in [1.82, 2.24) is 10.2 Å². The summed E-state index contributed by atoms with van der Waals surface area (Å²) in [5, 5.41) is 3.12. The van der Waals surface area contributed by atoms with Crippen LogP contribution in [-0.2, 0) is 32.6 Å². The third-order valence-corrected chi connectivity index (χ3v) is 8.49. The lowest BCUT2D eigenvalue weighted by atomic mass is 10.0. The first kappa shape index (κ1) is 31.0. The highest BCUT2D eigenvalue weighted by Gasteiger charge is 2.34. The van der Waals surface area contributed by atoms with Gasteiger partial charge in [-0.05, 0) is 67.3 Å². The molecule has 8 nitrogen and oxygen atoms in total. The van der Waals surface area contributed by atoms with Crippen LogP contribution in [0.2, 0.25) is 0 Å². The number of hydrogen-bond donors (Lipinski definition) is 1. The molecule has 0 spiro atoms. The predicted molar refractivity (Wildman–Crippen MR) is 161 cm³/mol. The van der Waals surface area contributed by atoms with Crippen LogP contribution in [0.3, 0.4) is 0 Å². The van der Waals surface area contributed by atoms with E-state index in [1.165, 1.54) is 17.0 Å². The Bertz CT molecular complexity index is 1430. The number of sulfonamides is 1. The molecule has 3 aromatic rings. The number of nitrogens with zero attached hydrogens (tertiary/aromatic N) is 2. The molecule has 1 saturated carbocycles. The summed E-state index contributed by atoms with van der Waals surface area (Å²) in [6, 6.07) is 20.6. The van der Waals surface area contributed by atoms with E-state index in [1.807, 2.05) is 37.3 Å². The minimum Gasteiger partial charge on any atom is -0.494 e. The van der Waals surface area contributed by atoms with Gasteiger partial charge in [0.05, 0.1) is 18.6 Å². The molecule has 1 aliphatic carbocycles. The lowest BCUT2D eigenvalue weighted by Gasteiger charge is -2.34. The number of benzene rings is 3. The van der Waals surface area contributed by atoms with E-state index in [0.29, 0.717) is 23.6 Å². The number of amides is 2. The van der Waals surface area contributed by atoms with Crippen LogP contribution >= 0.6 is 0 Å². The average Bonchev–Trinajstić information content (AvgIpc) is 3.48. The van der Waals surface area contributed by atoms with Crippen molar-refractivity contribution in [2.45, 2.75) is 57.7 Å². The van der Waals surface area contributed by atoms with Crippen molar-refractivity contribution in [2.24, 2.45) is 0 Å². The standard InChI is InChI=1S/C32H38FN3O5S/c1-3-41-29-19-17-28(18-20-29)36(42(2,39)40)23-31(37)35(22-25-13-15-26(33)16-14-25)30(21-24-9-5-4-6-10-24)32(38)34-27-11-7-8-12-27/h4-6,9-10,13-20,27,30H,3,7-8,11-12,21-23H2,1-2H3,(H,34,38)/t30-/m1/s1. The summed E-state index contributed by atoms with van der Waals surface area (Å²) in [6.07, 6.45) is 5.06. The molecule has 0 aliphatic heterocycles. The van der Waals surface area contributed by atoms with Crippen LogP contribution in [-0.4, -0.2) is 56.6 Å². The Balaban J connectivity index is 1.70. The van der Waals surface area contributed by atoms with Gasteiger partial charge < -0.3 is 15.0 Å². The van der Waals surface area contributed by atoms with E-state index in [9.17, 15) is 22.4 Å². The molecule has 42 heavy (non-hydrogen) atoms. The van der Waals surface area contributed by atoms with E-state index in [1.54, 1.807) is 36.4 Å². The van der Waals surface area contributed by atoms with Crippen molar-refractivity contribution in [3.8, 4) is 5.75 Å². The summed E-state index contributed by atoms with van der Waals surface area (Å²) in [7, 11) is -3.88. The van der Waals surface area contributed by atoms with Crippen molar-refractivity contribution in [1.29, 1.82) is 0 Å². The first-order chi connectivity index (χ1) is 20.1. The van der Waals surface area contributed by atoms with Crippen LogP contribution in [0.25, 0.3) is 0 Å². The summed E-state index contributed by atoms with van der Waals surface area (Å²) in [5.74, 6) is -0.699. The number of carbonyl (C=O) groups excluding carboxylic acids is 2. The number of hydrogen-bond acceptors (Lipinski definition) is 5. The average molecular weight is 596 g/mol. The van der Waals surface area contributed by atoms with Crippen LogP contribution in [0.1, 0.15) is 43.7 Å². The SMILES string of the molecule is CCOc1ccc(N(CC(=O)N(Cc2ccc(F)cc2)[C@H](Cc2ccccc2)C(=O)NC2CCCC2)S(C)(=O)=O)cc1. The third-order valence-electron chi connectivity index (χ3n) is 7.35. The highest BCUT2D eigenvalue weighted by Crippen LogP contribution is 2.24. The zero-order chi connectivity index (χ0) is 30.1. The predicted octanol–water partition coefficient (Wildman–Crippen LogP) is 4.69. The second kappa shape index (κ2) is 14.3. The number of nitrogens with one attached hydrogen (secondary N) is 1. The Hall–Kier alpha value is -3.92. The van der Waals surface area contributed by atoms with Crippen LogP contribution in [0.5, 0.6) is 5.75 Å². The van der Waals surface area contributed by atoms with Gasteiger partial charge in [-0.25, -0.2) is 12.8 Å². The summed E-state index contributed by atoms with van der Waals surface area (Å²) in [4.78, 5) is 29.4. The monoisotopic (exact) mass is 595 g/mol. The molecule has 0 bridgehead atoms. The Labute approximate surface area is 247 Å². The smallest absolute Gasteiger partial charge is 0.244 e. The van der Waals surface area contributed by atoms with E-state index in [0.717, 1.165) is 41.8 Å². The van der Waals surface area contributed by atoms with Crippen molar-refractivity contribution in [3.05, 3.63) is 95.8 Å². The number of anilines is 1. The molecule has 0 radical (unpaired) electrons. The molecular formula is C32H38FN3O5S. The van der Waals surface area contributed by atoms with Gasteiger partial charge in [0.1, 0.15) is 24.2 Å². The van der Waals surface area contributed by atoms with E-state index in [2.05, 4.69) is 5.32 Å². The summed E-state index contributed by atoms with van der Waals surface area (Å²) in [6.45, 7) is 1.78. The minimum atomic E-state index is -3.88. The normalized spacial score (nSPS) is 14.3. The topological polar surface area (TPSA) is 96.0 Å². The fourth-order valence-electron chi connectivity index (χ4n) is 5.20. The molecule has 1 aliphatic rings. The molecule has 10 heteroatoms. The molecule has 2 amide bonds. The highest BCUT2D eigenvalue weighted by molar-refractivity contribution is 7.92. The molecule has 3 aromatic carbocycles. The van der Waals surface area contributed by atoms with Crippen LogP contribution < -0.4 is 14.4 Å². The Kier molecular flexibility index (Phi) is 10.6. The highest BCUT2D eigenvalue weighted by atomic mass is 32.2. The van der Waals surface area contributed by atoms with Gasteiger partial charge in [0.25, 0.3) is 0 Å². The number of halogens is 1. The molecule has 4 rings (SSSR count). The van der Waals surface area contributed by atoms with Gasteiger partial charge in [-0.2, -0.15) is 0 Å². The third kappa shape index (κ3) is 8.55. The summed E-state index contributed by atoms with van der Waals surface area (Å²) in [5.41, 5.74) is 1.77. The number of carbonyl (C=O) groups is 2. The van der Waals surface area contributed by atoms with Crippen molar-refractivity contribution in [3.63, 3.8) is 0 Å². The fourth-order valence-corrected chi connectivity index (χ4v) is 6.05. The van der Waals surface area contributed by atoms with Crippen molar-refractivity contribution in [2.75, 3.05) is 23.7 Å². The van der Waals surface area contributed by atoms with Gasteiger partial charge in [-0.3, -0.25) is 13.9 Å². The van der Waals surface area contributed by atoms with Gasteiger partial charge in [0, 0.05) is 19.0 Å². The van der Waals surface area contributed by atoms with Gasteiger partial charge in [-0.1, -0.05) is 55.3 Å². The first-order valence-corrected chi connectivity index (χ1v) is 16.1. The number of ether oxygens (including phenoxy) is 1. The van der Waals surface area contributed by atoms with Crippen molar-refractivity contribution < 1.29 is 27.1 Å². The van der Waals surface area contributed by atoms with Crippen molar-refractivity contribution >= 4 is 27.5 Å². The molecular weight excluding hydrogens is 557 g/mol. The maximum absolute atomic E-state index is 14.1. The van der Waals surface area contributed by atoms with Crippen LogP contribution in [0, 0.1) is 5.82 Å². The Morgan fingerprint density at radius 2 is 1.60 bits per heavy atom. The molecule has 1 atom stereocenters. The van der Waals surface area contributed by atoms with Gasteiger partial charge in [0.2, 0.25) is 21.8 Å². The Morgan fingerprint density at radius 1 is 0.952 bits per heavy atom. The van der Waals surface area contributed by atoms with Crippen LogP contribution in [0.15, 0.2) is 78.9 Å². The quantitative estimate of drug-likeness (QED) is 0.309. The molecule has 0 saturated heterocycles.